The Morgan fingerprint density at radius 1 is 1.14 bits per heavy atom. The van der Waals surface area contributed by atoms with Gasteiger partial charge in [0.25, 0.3) is 0 Å². The standard InChI is InChI=1S/C40H56N8O3/c1-7-10-13-32(16-17-35-30(4)48(40(5,6)38(35)49)27-33-14-12-19-43-36(33)25-42)31(9-3)26-44-37(15-11-8-2)45-20-21-47-34(28-45)29-46(39(47)50)22-24-51-23-18-41/h9,12-17,19,26,34H,7-8,10-11,18,20-24,27-29,41H2,1-6H3/b17-16?,31-9+,32-13-,37-15-,44-26-. The third-order valence-electron chi connectivity index (χ3n) is 9.80. The summed E-state index contributed by atoms with van der Waals surface area (Å²) in [6.45, 7) is 17.4. The van der Waals surface area contributed by atoms with Crippen LogP contribution in [0.1, 0.15) is 78.5 Å². The number of ketones is 1. The number of hydrogen-bond acceptors (Lipinski definition) is 9. The molecule has 3 aliphatic rings. The molecule has 0 radical (unpaired) electrons. The van der Waals surface area contributed by atoms with Gasteiger partial charge < -0.3 is 30.1 Å². The molecule has 1 aromatic rings. The van der Waals surface area contributed by atoms with E-state index < -0.39 is 5.54 Å². The predicted octanol–water partition coefficient (Wildman–Crippen LogP) is 5.73. The van der Waals surface area contributed by atoms with Gasteiger partial charge in [0.05, 0.1) is 24.8 Å². The molecule has 3 aliphatic heterocycles. The third kappa shape index (κ3) is 9.43. The maximum Gasteiger partial charge on any atom is 0.320 e. The average molecular weight is 697 g/mol. The Morgan fingerprint density at radius 2 is 1.90 bits per heavy atom. The van der Waals surface area contributed by atoms with Crippen LogP contribution in [0.25, 0.3) is 0 Å². The number of Topliss-reactive ketones (excluding diaryl/α,β-unsaturated/α-hetero) is 1. The molecule has 11 heteroatoms. The van der Waals surface area contributed by atoms with E-state index in [1.165, 1.54) is 0 Å². The number of fused-ring (bicyclic) bond motifs is 1. The van der Waals surface area contributed by atoms with Gasteiger partial charge in [-0.15, -0.1) is 0 Å². The maximum absolute atomic E-state index is 13.8. The van der Waals surface area contributed by atoms with E-state index in [9.17, 15) is 14.9 Å². The van der Waals surface area contributed by atoms with Crippen LogP contribution < -0.4 is 5.73 Å². The van der Waals surface area contributed by atoms with Crippen molar-refractivity contribution in [1.29, 1.82) is 5.26 Å². The van der Waals surface area contributed by atoms with Gasteiger partial charge in [-0.1, -0.05) is 51.0 Å². The van der Waals surface area contributed by atoms with E-state index in [4.69, 9.17) is 15.5 Å². The molecule has 2 amide bonds. The number of unbranched alkanes of at least 4 members (excludes halogenated alkanes) is 2. The van der Waals surface area contributed by atoms with Crippen molar-refractivity contribution in [2.75, 3.05) is 52.5 Å². The zero-order valence-electron chi connectivity index (χ0n) is 31.4. The van der Waals surface area contributed by atoms with Crippen LogP contribution in [0.5, 0.6) is 0 Å². The number of hydrogen-bond donors (Lipinski definition) is 1. The van der Waals surface area contributed by atoms with Crippen LogP contribution >= 0.6 is 0 Å². The summed E-state index contributed by atoms with van der Waals surface area (Å²) in [6, 6.07) is 6.06. The molecule has 0 aliphatic carbocycles. The van der Waals surface area contributed by atoms with Crippen LogP contribution in [0.15, 0.2) is 81.9 Å². The van der Waals surface area contributed by atoms with Crippen molar-refractivity contribution < 1.29 is 14.3 Å². The Hall–Kier alpha value is -4.53. The molecule has 0 aromatic carbocycles. The molecule has 1 atom stereocenters. The first kappa shape index (κ1) is 39.3. The summed E-state index contributed by atoms with van der Waals surface area (Å²) in [5, 5.41) is 9.60. The number of nitriles is 1. The first-order valence-corrected chi connectivity index (χ1v) is 18.4. The SMILES string of the molecule is C/C=C(\C=N/C(=C/CCC)N1CCN2C(=O)N(CCOCCN)CC2C1)C(/C=CC1=C(C)N(Cc2cccnc2C#N)C(C)(C)C1=O)=C\CCC. The number of carbonyl (C=O) groups is 2. The number of aromatic nitrogens is 1. The van der Waals surface area contributed by atoms with Crippen molar-refractivity contribution in [3.8, 4) is 6.07 Å². The van der Waals surface area contributed by atoms with E-state index >= 15 is 0 Å². The van der Waals surface area contributed by atoms with Crippen molar-refractivity contribution in [3.05, 3.63) is 88.2 Å². The van der Waals surface area contributed by atoms with E-state index in [1.807, 2.05) is 68.0 Å². The number of carbonyl (C=O) groups excluding carboxylic acids is 2. The van der Waals surface area contributed by atoms with Crippen LogP contribution in [-0.2, 0) is 16.1 Å². The largest absolute Gasteiger partial charge is 0.378 e. The van der Waals surface area contributed by atoms with Crippen molar-refractivity contribution in [1.82, 2.24) is 24.6 Å². The summed E-state index contributed by atoms with van der Waals surface area (Å²) >= 11 is 0. The van der Waals surface area contributed by atoms with Crippen molar-refractivity contribution in [2.24, 2.45) is 10.7 Å². The Labute approximate surface area is 304 Å². The molecule has 2 fully saturated rings. The van der Waals surface area contributed by atoms with Gasteiger partial charge in [-0.05, 0) is 69.9 Å². The van der Waals surface area contributed by atoms with Gasteiger partial charge >= 0.3 is 6.03 Å². The van der Waals surface area contributed by atoms with E-state index in [0.717, 1.165) is 60.5 Å². The lowest BCUT2D eigenvalue weighted by molar-refractivity contribution is -0.122. The molecule has 2 saturated heterocycles. The average Bonchev–Trinajstić information content (AvgIpc) is 3.53. The highest BCUT2D eigenvalue weighted by Gasteiger charge is 2.44. The molecular weight excluding hydrogens is 640 g/mol. The molecule has 11 nitrogen and oxygen atoms in total. The number of urea groups is 1. The summed E-state index contributed by atoms with van der Waals surface area (Å²) in [7, 11) is 0. The molecule has 0 saturated carbocycles. The maximum atomic E-state index is 13.8. The molecular formula is C40H56N8O3. The summed E-state index contributed by atoms with van der Waals surface area (Å²) in [5.41, 5.74) is 9.42. The first-order valence-electron chi connectivity index (χ1n) is 18.4. The summed E-state index contributed by atoms with van der Waals surface area (Å²) in [6.07, 6.45) is 17.8. The van der Waals surface area contributed by atoms with Crippen LogP contribution in [-0.4, -0.2) is 107 Å². The van der Waals surface area contributed by atoms with E-state index in [1.54, 1.807) is 6.20 Å². The molecule has 2 N–H and O–H groups in total. The predicted molar refractivity (Wildman–Crippen MR) is 203 cm³/mol. The number of rotatable bonds is 17. The minimum Gasteiger partial charge on any atom is -0.378 e. The monoisotopic (exact) mass is 696 g/mol. The number of nitrogens with two attached hydrogens (primary N) is 1. The number of ether oxygens (including phenoxy) is 1. The van der Waals surface area contributed by atoms with Crippen molar-refractivity contribution in [2.45, 2.75) is 85.4 Å². The lowest BCUT2D eigenvalue weighted by atomic mass is 9.94. The van der Waals surface area contributed by atoms with E-state index in [-0.39, 0.29) is 17.9 Å². The second kappa shape index (κ2) is 18.6. The number of piperazine rings is 1. The minimum absolute atomic E-state index is 0.0418. The lowest BCUT2D eigenvalue weighted by Gasteiger charge is -2.37. The van der Waals surface area contributed by atoms with Gasteiger partial charge in [0.1, 0.15) is 17.6 Å². The molecule has 4 heterocycles. The van der Waals surface area contributed by atoms with Gasteiger partial charge in [-0.3, -0.25) is 4.79 Å². The smallest absolute Gasteiger partial charge is 0.320 e. The van der Waals surface area contributed by atoms with Crippen molar-refractivity contribution in [3.63, 3.8) is 0 Å². The van der Waals surface area contributed by atoms with Crippen LogP contribution in [0, 0.1) is 11.3 Å². The van der Waals surface area contributed by atoms with Gasteiger partial charge in [0, 0.05) is 75.1 Å². The molecule has 274 valence electrons. The Balaban J connectivity index is 1.53. The molecule has 0 bridgehead atoms. The second-order valence-corrected chi connectivity index (χ2v) is 13.7. The van der Waals surface area contributed by atoms with Gasteiger partial charge in [-0.2, -0.15) is 5.26 Å². The number of pyridine rings is 1. The Kier molecular flexibility index (Phi) is 14.3. The van der Waals surface area contributed by atoms with Gasteiger partial charge in [0.2, 0.25) is 0 Å². The minimum atomic E-state index is -0.771. The van der Waals surface area contributed by atoms with Crippen molar-refractivity contribution >= 4 is 18.0 Å². The molecule has 4 rings (SSSR count). The zero-order chi connectivity index (χ0) is 37.0. The highest BCUT2D eigenvalue weighted by atomic mass is 16.5. The number of amides is 2. The van der Waals surface area contributed by atoms with Crippen LogP contribution in [0.4, 0.5) is 4.79 Å². The summed E-state index contributed by atoms with van der Waals surface area (Å²) < 4.78 is 5.54. The fourth-order valence-electron chi connectivity index (χ4n) is 6.81. The fourth-order valence-corrected chi connectivity index (χ4v) is 6.81. The highest BCUT2D eigenvalue weighted by molar-refractivity contribution is 6.07. The highest BCUT2D eigenvalue weighted by Crippen LogP contribution is 2.36. The quantitative estimate of drug-likeness (QED) is 0.124. The van der Waals surface area contributed by atoms with Crippen LogP contribution in [0.2, 0.25) is 0 Å². The third-order valence-corrected chi connectivity index (χ3v) is 9.80. The zero-order valence-corrected chi connectivity index (χ0v) is 31.4. The Morgan fingerprint density at radius 3 is 2.61 bits per heavy atom. The second-order valence-electron chi connectivity index (χ2n) is 13.7. The van der Waals surface area contributed by atoms with E-state index in [0.29, 0.717) is 63.7 Å². The topological polar surface area (TPSA) is 131 Å². The summed E-state index contributed by atoms with van der Waals surface area (Å²) in [5.74, 6) is 0.959. The van der Waals surface area contributed by atoms with Gasteiger partial charge in [0.15, 0.2) is 5.78 Å². The number of aliphatic imine (C=N–C) groups is 1. The molecule has 1 aromatic heterocycles. The lowest BCUT2D eigenvalue weighted by Crippen LogP contribution is -2.51. The first-order chi connectivity index (χ1) is 24.6. The normalized spacial score (nSPS) is 20.1. The fraction of sp³-hybridized carbons (Fsp3) is 0.525. The Bertz CT molecular complexity index is 1630. The molecule has 1 unspecified atom stereocenters. The molecule has 51 heavy (non-hydrogen) atoms. The number of allylic oxidation sites excluding steroid dienone is 8. The molecule has 0 spiro atoms. The van der Waals surface area contributed by atoms with E-state index in [2.05, 4.69) is 52.9 Å². The summed E-state index contributed by atoms with van der Waals surface area (Å²) in [4.78, 5) is 44.4. The van der Waals surface area contributed by atoms with Crippen LogP contribution in [0.3, 0.4) is 0 Å². The van der Waals surface area contributed by atoms with Gasteiger partial charge in [-0.25, -0.2) is 14.8 Å². The number of nitrogens with zero attached hydrogens (tertiary/aromatic N) is 7.